The standard InChI is InChI=1S/C19H15F3N4O/c1-26(15-8-3-2-4-9-15)17-11-10-16(24-25-17)18(27)23-14-7-5-6-13(12-14)19(20,21)22/h2-12H,1H3,(H,23,27). The fraction of sp³-hybridized carbons (Fsp3) is 0.105. The van der Waals surface area contributed by atoms with E-state index in [0.717, 1.165) is 17.8 Å². The van der Waals surface area contributed by atoms with Crippen LogP contribution in [0, 0.1) is 0 Å². The molecule has 27 heavy (non-hydrogen) atoms. The Hall–Kier alpha value is -3.42. The fourth-order valence-electron chi connectivity index (χ4n) is 2.38. The van der Waals surface area contributed by atoms with Crippen molar-refractivity contribution in [3.05, 3.63) is 78.0 Å². The third kappa shape index (κ3) is 4.41. The topological polar surface area (TPSA) is 58.1 Å². The Morgan fingerprint density at radius 2 is 1.70 bits per heavy atom. The first-order valence-electron chi connectivity index (χ1n) is 7.96. The molecule has 0 radical (unpaired) electrons. The number of carbonyl (C=O) groups is 1. The summed E-state index contributed by atoms with van der Waals surface area (Å²) in [6.45, 7) is 0. The molecular formula is C19H15F3N4O. The number of alkyl halides is 3. The van der Waals surface area contributed by atoms with Gasteiger partial charge in [-0.15, -0.1) is 10.2 Å². The Morgan fingerprint density at radius 3 is 2.33 bits per heavy atom. The number of hydrogen-bond donors (Lipinski definition) is 1. The first-order valence-corrected chi connectivity index (χ1v) is 7.96. The molecule has 0 aliphatic carbocycles. The minimum atomic E-state index is -4.48. The maximum absolute atomic E-state index is 12.7. The molecule has 0 aliphatic heterocycles. The van der Waals surface area contributed by atoms with E-state index in [-0.39, 0.29) is 11.4 Å². The predicted octanol–water partition coefficient (Wildman–Crippen LogP) is 4.52. The number of aromatic nitrogens is 2. The lowest BCUT2D eigenvalue weighted by atomic mass is 10.2. The summed E-state index contributed by atoms with van der Waals surface area (Å²) in [5.41, 5.74) is 0.0823. The Bertz CT molecular complexity index is 928. The number of benzene rings is 2. The molecule has 0 atom stereocenters. The van der Waals surface area contributed by atoms with Gasteiger partial charge in [-0.05, 0) is 42.5 Å². The Labute approximate surface area is 153 Å². The lowest BCUT2D eigenvalue weighted by Crippen LogP contribution is -2.17. The van der Waals surface area contributed by atoms with Crippen molar-refractivity contribution in [3.8, 4) is 0 Å². The normalized spacial score (nSPS) is 11.1. The number of anilines is 3. The Kier molecular flexibility index (Phi) is 5.07. The lowest BCUT2D eigenvalue weighted by molar-refractivity contribution is -0.137. The maximum atomic E-state index is 12.7. The molecule has 0 aliphatic rings. The van der Waals surface area contributed by atoms with Crippen LogP contribution < -0.4 is 10.2 Å². The van der Waals surface area contributed by atoms with E-state index < -0.39 is 17.6 Å². The molecule has 5 nitrogen and oxygen atoms in total. The highest BCUT2D eigenvalue weighted by Crippen LogP contribution is 2.30. The Balaban J connectivity index is 1.73. The monoisotopic (exact) mass is 372 g/mol. The minimum absolute atomic E-state index is 0.00220. The van der Waals surface area contributed by atoms with Crippen molar-refractivity contribution in [2.24, 2.45) is 0 Å². The van der Waals surface area contributed by atoms with Crippen LogP contribution in [0.4, 0.5) is 30.4 Å². The molecule has 0 saturated carbocycles. The first kappa shape index (κ1) is 18.4. The van der Waals surface area contributed by atoms with Gasteiger partial charge in [-0.3, -0.25) is 4.79 Å². The van der Waals surface area contributed by atoms with Gasteiger partial charge in [0.05, 0.1) is 5.56 Å². The van der Waals surface area contributed by atoms with Crippen LogP contribution in [-0.2, 0) is 6.18 Å². The van der Waals surface area contributed by atoms with Gasteiger partial charge >= 0.3 is 6.18 Å². The van der Waals surface area contributed by atoms with Crippen molar-refractivity contribution in [1.29, 1.82) is 0 Å². The summed E-state index contributed by atoms with van der Waals surface area (Å²) in [5, 5.41) is 10.3. The number of nitrogens with zero attached hydrogens (tertiary/aromatic N) is 3. The van der Waals surface area contributed by atoms with Gasteiger partial charge in [0.15, 0.2) is 11.5 Å². The van der Waals surface area contributed by atoms with Gasteiger partial charge in [-0.2, -0.15) is 13.2 Å². The van der Waals surface area contributed by atoms with Gasteiger partial charge < -0.3 is 10.2 Å². The summed E-state index contributed by atoms with van der Waals surface area (Å²) < 4.78 is 38.2. The van der Waals surface area contributed by atoms with E-state index in [4.69, 9.17) is 0 Å². The largest absolute Gasteiger partial charge is 0.416 e. The highest BCUT2D eigenvalue weighted by atomic mass is 19.4. The maximum Gasteiger partial charge on any atom is 0.416 e. The van der Waals surface area contributed by atoms with E-state index in [9.17, 15) is 18.0 Å². The van der Waals surface area contributed by atoms with E-state index in [0.29, 0.717) is 5.82 Å². The number of nitrogens with one attached hydrogen (secondary N) is 1. The van der Waals surface area contributed by atoms with E-state index in [1.54, 1.807) is 11.0 Å². The SMILES string of the molecule is CN(c1ccccc1)c1ccc(C(=O)Nc2cccc(C(F)(F)F)c2)nn1. The van der Waals surface area contributed by atoms with Gasteiger partial charge in [0.1, 0.15) is 0 Å². The van der Waals surface area contributed by atoms with Crippen LogP contribution in [-0.4, -0.2) is 23.2 Å². The van der Waals surface area contributed by atoms with Gasteiger partial charge in [-0.1, -0.05) is 24.3 Å². The number of carbonyl (C=O) groups excluding carboxylic acids is 1. The zero-order valence-electron chi connectivity index (χ0n) is 14.2. The van der Waals surface area contributed by atoms with Crippen molar-refractivity contribution in [2.45, 2.75) is 6.18 Å². The summed E-state index contributed by atoms with van der Waals surface area (Å²) in [6.07, 6.45) is -4.48. The number of amides is 1. The van der Waals surface area contributed by atoms with Crippen LogP contribution >= 0.6 is 0 Å². The molecule has 0 unspecified atom stereocenters. The second-order valence-corrected chi connectivity index (χ2v) is 5.70. The molecule has 8 heteroatoms. The van der Waals surface area contributed by atoms with Crippen LogP contribution in [0.15, 0.2) is 66.7 Å². The average molecular weight is 372 g/mol. The quantitative estimate of drug-likeness (QED) is 0.732. The van der Waals surface area contributed by atoms with Crippen LogP contribution in [0.2, 0.25) is 0 Å². The summed E-state index contributed by atoms with van der Waals surface area (Å²) >= 11 is 0. The highest BCUT2D eigenvalue weighted by molar-refractivity contribution is 6.02. The summed E-state index contributed by atoms with van der Waals surface area (Å²) in [4.78, 5) is 14.0. The highest BCUT2D eigenvalue weighted by Gasteiger charge is 2.30. The fourth-order valence-corrected chi connectivity index (χ4v) is 2.38. The van der Waals surface area contributed by atoms with Crippen molar-refractivity contribution < 1.29 is 18.0 Å². The smallest absolute Gasteiger partial charge is 0.328 e. The molecule has 1 aromatic heterocycles. The van der Waals surface area contributed by atoms with E-state index in [2.05, 4.69) is 15.5 Å². The summed E-state index contributed by atoms with van der Waals surface area (Å²) in [5.74, 6) is -0.118. The van der Waals surface area contributed by atoms with Gasteiger partial charge in [0.25, 0.3) is 5.91 Å². The van der Waals surface area contributed by atoms with Gasteiger partial charge in [0, 0.05) is 18.4 Å². The summed E-state index contributed by atoms with van der Waals surface area (Å²) in [6, 6.07) is 16.9. The van der Waals surface area contributed by atoms with Crippen molar-refractivity contribution in [1.82, 2.24) is 10.2 Å². The van der Waals surface area contributed by atoms with Crippen molar-refractivity contribution in [3.63, 3.8) is 0 Å². The average Bonchev–Trinajstić information content (AvgIpc) is 2.68. The summed E-state index contributed by atoms with van der Waals surface area (Å²) in [7, 11) is 1.81. The molecule has 0 fully saturated rings. The van der Waals surface area contributed by atoms with Crippen LogP contribution in [0.25, 0.3) is 0 Å². The molecule has 1 amide bonds. The van der Waals surface area contributed by atoms with Gasteiger partial charge in [-0.25, -0.2) is 0 Å². The third-order valence-electron chi connectivity index (χ3n) is 3.82. The van der Waals surface area contributed by atoms with E-state index in [1.807, 2.05) is 37.4 Å². The molecule has 3 aromatic rings. The minimum Gasteiger partial charge on any atom is -0.328 e. The van der Waals surface area contributed by atoms with Crippen molar-refractivity contribution >= 4 is 23.1 Å². The zero-order chi connectivity index (χ0) is 19.4. The first-order chi connectivity index (χ1) is 12.8. The molecule has 0 saturated heterocycles. The Morgan fingerprint density at radius 1 is 0.963 bits per heavy atom. The van der Waals surface area contributed by atoms with Crippen molar-refractivity contribution in [2.75, 3.05) is 17.3 Å². The number of para-hydroxylation sites is 1. The van der Waals surface area contributed by atoms with Gasteiger partial charge in [0.2, 0.25) is 0 Å². The third-order valence-corrected chi connectivity index (χ3v) is 3.82. The number of hydrogen-bond acceptors (Lipinski definition) is 4. The molecule has 2 aromatic carbocycles. The number of rotatable bonds is 4. The molecule has 0 spiro atoms. The molecule has 1 N–H and O–H groups in total. The second kappa shape index (κ2) is 7.45. The van der Waals surface area contributed by atoms with Crippen LogP contribution in [0.5, 0.6) is 0 Å². The molecule has 138 valence electrons. The molecule has 0 bridgehead atoms. The number of halogens is 3. The van der Waals surface area contributed by atoms with Crippen LogP contribution in [0.1, 0.15) is 16.1 Å². The molecule has 1 heterocycles. The van der Waals surface area contributed by atoms with E-state index >= 15 is 0 Å². The molecule has 3 rings (SSSR count). The lowest BCUT2D eigenvalue weighted by Gasteiger charge is -2.17. The predicted molar refractivity (Wildman–Crippen MR) is 95.9 cm³/mol. The molecular weight excluding hydrogens is 357 g/mol. The second-order valence-electron chi connectivity index (χ2n) is 5.70. The zero-order valence-corrected chi connectivity index (χ0v) is 14.2. The van der Waals surface area contributed by atoms with Crippen LogP contribution in [0.3, 0.4) is 0 Å². The van der Waals surface area contributed by atoms with E-state index in [1.165, 1.54) is 18.2 Å².